The fraction of sp³-hybridized carbons (Fsp3) is 1.00. The highest BCUT2D eigenvalue weighted by Crippen LogP contribution is 2.28. The molecule has 0 amide bonds. The molecular weight excluding hydrogens is 150 g/mol. The lowest BCUT2D eigenvalue weighted by atomic mass is 9.78. The van der Waals surface area contributed by atoms with Gasteiger partial charge in [0.05, 0.1) is 5.60 Å². The van der Waals surface area contributed by atoms with Gasteiger partial charge in [0.2, 0.25) is 0 Å². The molecule has 0 saturated heterocycles. The monoisotopic (exact) mass is 173 g/mol. The molecule has 0 fully saturated rings. The molecule has 2 nitrogen and oxygen atoms in total. The normalized spacial score (nSPS) is 19.2. The Hall–Kier alpha value is -0.0800. The molecule has 2 atom stereocenters. The maximum Gasteiger partial charge on any atom is 0.0682 e. The standard InChI is InChI=1S/C10H23NO/c1-5-6-9(7-11)10(4,12)8(2)3/h8-9,12H,5-7,11H2,1-4H3. The van der Waals surface area contributed by atoms with Gasteiger partial charge in [0.25, 0.3) is 0 Å². The van der Waals surface area contributed by atoms with Crippen molar-refractivity contribution in [2.45, 2.75) is 46.1 Å². The summed E-state index contributed by atoms with van der Waals surface area (Å²) < 4.78 is 0. The summed E-state index contributed by atoms with van der Waals surface area (Å²) >= 11 is 0. The second-order valence-corrected chi connectivity index (χ2v) is 4.10. The summed E-state index contributed by atoms with van der Waals surface area (Å²) in [7, 11) is 0. The molecule has 0 aliphatic carbocycles. The average molecular weight is 173 g/mol. The van der Waals surface area contributed by atoms with Crippen LogP contribution in [0.5, 0.6) is 0 Å². The molecule has 12 heavy (non-hydrogen) atoms. The van der Waals surface area contributed by atoms with E-state index in [2.05, 4.69) is 6.92 Å². The first-order chi connectivity index (χ1) is 5.46. The molecule has 0 saturated carbocycles. The lowest BCUT2D eigenvalue weighted by Gasteiger charge is -2.35. The van der Waals surface area contributed by atoms with Crippen molar-refractivity contribution < 1.29 is 5.11 Å². The van der Waals surface area contributed by atoms with Gasteiger partial charge < -0.3 is 10.8 Å². The molecular formula is C10H23NO. The maximum absolute atomic E-state index is 10.1. The van der Waals surface area contributed by atoms with E-state index in [-0.39, 0.29) is 11.8 Å². The summed E-state index contributed by atoms with van der Waals surface area (Å²) in [6.07, 6.45) is 2.10. The van der Waals surface area contributed by atoms with E-state index in [0.29, 0.717) is 6.54 Å². The Balaban J connectivity index is 4.25. The van der Waals surface area contributed by atoms with Crippen LogP contribution in [0, 0.1) is 11.8 Å². The number of aliphatic hydroxyl groups is 1. The van der Waals surface area contributed by atoms with Crippen LogP contribution >= 0.6 is 0 Å². The molecule has 0 aliphatic heterocycles. The molecule has 3 N–H and O–H groups in total. The molecule has 74 valence electrons. The average Bonchev–Trinajstić information content (AvgIpc) is 1.99. The fourth-order valence-electron chi connectivity index (χ4n) is 1.47. The summed E-state index contributed by atoms with van der Waals surface area (Å²) in [5, 5.41) is 10.1. The third-order valence-electron chi connectivity index (χ3n) is 2.92. The van der Waals surface area contributed by atoms with E-state index < -0.39 is 5.60 Å². The SMILES string of the molecule is CCCC(CN)C(C)(O)C(C)C. The second kappa shape index (κ2) is 4.83. The van der Waals surface area contributed by atoms with Crippen LogP contribution in [0.1, 0.15) is 40.5 Å². The molecule has 0 aliphatic rings. The van der Waals surface area contributed by atoms with Gasteiger partial charge in [-0.25, -0.2) is 0 Å². The molecule has 2 unspecified atom stereocenters. The Morgan fingerprint density at radius 2 is 1.92 bits per heavy atom. The first-order valence-corrected chi connectivity index (χ1v) is 4.89. The predicted octanol–water partition coefficient (Wildman–Crippen LogP) is 1.77. The molecule has 0 rings (SSSR count). The molecule has 0 radical (unpaired) electrons. The minimum Gasteiger partial charge on any atom is -0.390 e. The van der Waals surface area contributed by atoms with E-state index in [1.165, 1.54) is 0 Å². The molecule has 0 aromatic carbocycles. The summed E-state index contributed by atoms with van der Waals surface area (Å²) in [5.74, 6) is 0.514. The highest BCUT2D eigenvalue weighted by Gasteiger charge is 2.33. The van der Waals surface area contributed by atoms with Gasteiger partial charge in [0, 0.05) is 0 Å². The predicted molar refractivity (Wildman–Crippen MR) is 52.9 cm³/mol. The molecule has 2 heteroatoms. The summed E-state index contributed by atoms with van der Waals surface area (Å²) in [6, 6.07) is 0. The van der Waals surface area contributed by atoms with Gasteiger partial charge in [-0.1, -0.05) is 27.2 Å². The van der Waals surface area contributed by atoms with E-state index in [0.717, 1.165) is 12.8 Å². The van der Waals surface area contributed by atoms with Crippen molar-refractivity contribution in [3.8, 4) is 0 Å². The van der Waals surface area contributed by atoms with Crippen molar-refractivity contribution in [1.29, 1.82) is 0 Å². The Bertz CT molecular complexity index is 121. The Labute approximate surface area is 76.2 Å². The van der Waals surface area contributed by atoms with Crippen LogP contribution in [0.4, 0.5) is 0 Å². The Kier molecular flexibility index (Phi) is 4.80. The molecule has 0 spiro atoms. The zero-order valence-corrected chi connectivity index (χ0v) is 8.80. The van der Waals surface area contributed by atoms with Crippen molar-refractivity contribution >= 4 is 0 Å². The highest BCUT2D eigenvalue weighted by atomic mass is 16.3. The van der Waals surface area contributed by atoms with E-state index in [1.54, 1.807) is 0 Å². The quantitative estimate of drug-likeness (QED) is 0.665. The van der Waals surface area contributed by atoms with E-state index in [1.807, 2.05) is 20.8 Å². The Morgan fingerprint density at radius 1 is 1.42 bits per heavy atom. The maximum atomic E-state index is 10.1. The zero-order valence-electron chi connectivity index (χ0n) is 8.80. The van der Waals surface area contributed by atoms with Crippen molar-refractivity contribution in [3.05, 3.63) is 0 Å². The van der Waals surface area contributed by atoms with Crippen LogP contribution in [0.15, 0.2) is 0 Å². The van der Waals surface area contributed by atoms with Crippen LogP contribution in [0.2, 0.25) is 0 Å². The van der Waals surface area contributed by atoms with Gasteiger partial charge in [0.15, 0.2) is 0 Å². The van der Waals surface area contributed by atoms with Crippen molar-refractivity contribution in [2.24, 2.45) is 17.6 Å². The number of hydrogen-bond donors (Lipinski definition) is 2. The molecule has 0 aromatic heterocycles. The summed E-state index contributed by atoms with van der Waals surface area (Å²) in [6.45, 7) is 8.68. The smallest absolute Gasteiger partial charge is 0.0682 e. The van der Waals surface area contributed by atoms with Crippen LogP contribution in [0.25, 0.3) is 0 Å². The van der Waals surface area contributed by atoms with Crippen molar-refractivity contribution in [3.63, 3.8) is 0 Å². The van der Waals surface area contributed by atoms with Gasteiger partial charge in [-0.15, -0.1) is 0 Å². The highest BCUT2D eigenvalue weighted by molar-refractivity contribution is 4.85. The second-order valence-electron chi connectivity index (χ2n) is 4.10. The fourth-order valence-corrected chi connectivity index (χ4v) is 1.47. The topological polar surface area (TPSA) is 46.2 Å². The van der Waals surface area contributed by atoms with Crippen molar-refractivity contribution in [1.82, 2.24) is 0 Å². The molecule has 0 heterocycles. The Morgan fingerprint density at radius 3 is 2.17 bits per heavy atom. The minimum absolute atomic E-state index is 0.238. The summed E-state index contributed by atoms with van der Waals surface area (Å²) in [5.41, 5.74) is 5.02. The number of hydrogen-bond acceptors (Lipinski definition) is 2. The third kappa shape index (κ3) is 2.76. The van der Waals surface area contributed by atoms with Gasteiger partial charge in [-0.05, 0) is 31.7 Å². The van der Waals surface area contributed by atoms with E-state index in [9.17, 15) is 5.11 Å². The van der Waals surface area contributed by atoms with E-state index >= 15 is 0 Å². The van der Waals surface area contributed by atoms with Gasteiger partial charge in [-0.2, -0.15) is 0 Å². The third-order valence-corrected chi connectivity index (χ3v) is 2.92. The van der Waals surface area contributed by atoms with Crippen LogP contribution in [0.3, 0.4) is 0 Å². The minimum atomic E-state index is -0.606. The molecule has 0 aromatic rings. The number of rotatable bonds is 5. The largest absolute Gasteiger partial charge is 0.390 e. The number of nitrogens with two attached hydrogens (primary N) is 1. The lowest BCUT2D eigenvalue weighted by molar-refractivity contribution is -0.0418. The zero-order chi connectivity index (χ0) is 9.78. The van der Waals surface area contributed by atoms with Gasteiger partial charge in [-0.3, -0.25) is 0 Å². The summed E-state index contributed by atoms with van der Waals surface area (Å²) in [4.78, 5) is 0. The van der Waals surface area contributed by atoms with Crippen LogP contribution in [-0.4, -0.2) is 17.3 Å². The first-order valence-electron chi connectivity index (χ1n) is 4.89. The van der Waals surface area contributed by atoms with Gasteiger partial charge in [0.1, 0.15) is 0 Å². The van der Waals surface area contributed by atoms with Crippen LogP contribution < -0.4 is 5.73 Å². The first kappa shape index (κ1) is 11.9. The molecule has 0 bridgehead atoms. The van der Waals surface area contributed by atoms with Gasteiger partial charge >= 0.3 is 0 Å². The van der Waals surface area contributed by atoms with E-state index in [4.69, 9.17) is 5.73 Å². The lowest BCUT2D eigenvalue weighted by Crippen LogP contribution is -2.43. The van der Waals surface area contributed by atoms with Crippen molar-refractivity contribution in [2.75, 3.05) is 6.54 Å². The van der Waals surface area contributed by atoms with Crippen LogP contribution in [-0.2, 0) is 0 Å².